The largest absolute Gasteiger partial charge is 0.491 e. The molecule has 2 aromatic rings. The Kier molecular flexibility index (Phi) is 4.48. The molecule has 0 bridgehead atoms. The maximum absolute atomic E-state index is 5.70. The van der Waals surface area contributed by atoms with Gasteiger partial charge in [0.25, 0.3) is 0 Å². The summed E-state index contributed by atoms with van der Waals surface area (Å²) in [7, 11) is 2.15. The summed E-state index contributed by atoms with van der Waals surface area (Å²) in [5, 5.41) is 2.69. The second kappa shape index (κ2) is 6.51. The molecule has 0 N–H and O–H groups in total. The van der Waals surface area contributed by atoms with Gasteiger partial charge in [-0.1, -0.05) is 12.1 Å². The molecule has 3 heteroatoms. The highest BCUT2D eigenvalue weighted by Gasteiger charge is 2.28. The highest BCUT2D eigenvalue weighted by Crippen LogP contribution is 2.31. The molecule has 1 aliphatic heterocycles. The standard InChI is InChI=1S/C17H21O2S/c1-18-9-10-19-15-7-8-16-14(13-15)5-4-6-17(16)20-11-2-3-12-20/h4-8,13H,2-3,9-12H2,1H3/q+1. The Morgan fingerprint density at radius 1 is 1.05 bits per heavy atom. The minimum atomic E-state index is 0.461. The first-order valence-electron chi connectivity index (χ1n) is 7.20. The summed E-state index contributed by atoms with van der Waals surface area (Å²) < 4.78 is 10.7. The van der Waals surface area contributed by atoms with Crippen LogP contribution in [0.2, 0.25) is 0 Å². The Hall–Kier alpha value is -1.19. The molecule has 0 amide bonds. The second-order valence-electron chi connectivity index (χ2n) is 5.09. The van der Waals surface area contributed by atoms with E-state index in [2.05, 4.69) is 36.4 Å². The highest BCUT2D eigenvalue weighted by molar-refractivity contribution is 7.97. The van der Waals surface area contributed by atoms with Gasteiger partial charge in [0.2, 0.25) is 0 Å². The first-order chi connectivity index (χ1) is 9.88. The summed E-state index contributed by atoms with van der Waals surface area (Å²) in [4.78, 5) is 1.54. The van der Waals surface area contributed by atoms with Crippen LogP contribution in [0.4, 0.5) is 0 Å². The minimum Gasteiger partial charge on any atom is -0.491 e. The maximum atomic E-state index is 5.70. The SMILES string of the molecule is COCCOc1ccc2c([S+]3CCCC3)cccc2c1. The number of hydrogen-bond acceptors (Lipinski definition) is 2. The predicted molar refractivity (Wildman–Crippen MR) is 85.9 cm³/mol. The molecule has 3 rings (SSSR count). The van der Waals surface area contributed by atoms with Crippen LogP contribution in [0.3, 0.4) is 0 Å². The molecule has 1 heterocycles. The Labute approximate surface area is 123 Å². The van der Waals surface area contributed by atoms with Crippen molar-refractivity contribution in [2.24, 2.45) is 0 Å². The molecule has 2 aromatic carbocycles. The average molecular weight is 289 g/mol. The lowest BCUT2D eigenvalue weighted by atomic mass is 10.1. The van der Waals surface area contributed by atoms with Crippen molar-refractivity contribution in [1.82, 2.24) is 0 Å². The fraction of sp³-hybridized carbons (Fsp3) is 0.412. The first-order valence-corrected chi connectivity index (χ1v) is 8.77. The van der Waals surface area contributed by atoms with Crippen molar-refractivity contribution >= 4 is 21.7 Å². The molecule has 0 radical (unpaired) electrons. The zero-order chi connectivity index (χ0) is 13.8. The topological polar surface area (TPSA) is 18.5 Å². The third kappa shape index (κ3) is 2.94. The Morgan fingerprint density at radius 2 is 1.90 bits per heavy atom. The summed E-state index contributed by atoms with van der Waals surface area (Å²) >= 11 is 0. The third-order valence-corrected chi connectivity index (χ3v) is 6.25. The van der Waals surface area contributed by atoms with Crippen LogP contribution in [0, 0.1) is 0 Å². The number of fused-ring (bicyclic) bond motifs is 1. The van der Waals surface area contributed by atoms with Crippen LogP contribution in [0.5, 0.6) is 5.75 Å². The van der Waals surface area contributed by atoms with Gasteiger partial charge in [0.1, 0.15) is 23.9 Å². The van der Waals surface area contributed by atoms with E-state index in [0.717, 1.165) is 5.75 Å². The van der Waals surface area contributed by atoms with Crippen molar-refractivity contribution in [3.8, 4) is 5.75 Å². The van der Waals surface area contributed by atoms with Gasteiger partial charge >= 0.3 is 0 Å². The lowest BCUT2D eigenvalue weighted by molar-refractivity contribution is 0.146. The Bertz CT molecular complexity index is 576. The molecule has 2 nitrogen and oxygen atoms in total. The molecule has 0 unspecified atom stereocenters. The third-order valence-electron chi connectivity index (χ3n) is 3.71. The van der Waals surface area contributed by atoms with Crippen LogP contribution in [-0.2, 0) is 15.6 Å². The van der Waals surface area contributed by atoms with E-state index in [1.54, 1.807) is 12.0 Å². The molecule has 0 aromatic heterocycles. The van der Waals surface area contributed by atoms with Gasteiger partial charge in [0, 0.05) is 23.4 Å². The summed E-state index contributed by atoms with van der Waals surface area (Å²) in [6.07, 6.45) is 2.77. The van der Waals surface area contributed by atoms with E-state index in [-0.39, 0.29) is 0 Å². The highest BCUT2D eigenvalue weighted by atomic mass is 32.2. The van der Waals surface area contributed by atoms with Crippen molar-refractivity contribution in [3.05, 3.63) is 36.4 Å². The van der Waals surface area contributed by atoms with E-state index in [0.29, 0.717) is 24.1 Å². The van der Waals surface area contributed by atoms with Crippen LogP contribution in [0.1, 0.15) is 12.8 Å². The summed E-state index contributed by atoms with van der Waals surface area (Å²) in [5.41, 5.74) is 0. The molecular weight excluding hydrogens is 268 g/mol. The number of hydrogen-bond donors (Lipinski definition) is 0. The van der Waals surface area contributed by atoms with E-state index < -0.39 is 0 Å². The number of benzene rings is 2. The molecule has 0 spiro atoms. The fourth-order valence-corrected chi connectivity index (χ4v) is 5.21. The molecule has 1 saturated heterocycles. The fourth-order valence-electron chi connectivity index (χ4n) is 2.69. The van der Waals surface area contributed by atoms with Crippen molar-refractivity contribution in [1.29, 1.82) is 0 Å². The zero-order valence-electron chi connectivity index (χ0n) is 11.9. The van der Waals surface area contributed by atoms with E-state index in [1.165, 1.54) is 35.1 Å². The lowest BCUT2D eigenvalue weighted by Crippen LogP contribution is -2.05. The number of methoxy groups -OCH3 is 1. The van der Waals surface area contributed by atoms with Gasteiger partial charge in [-0.15, -0.1) is 0 Å². The van der Waals surface area contributed by atoms with Gasteiger partial charge in [-0.3, -0.25) is 0 Å². The van der Waals surface area contributed by atoms with Gasteiger partial charge in [0.05, 0.1) is 6.61 Å². The molecular formula is C17H21O2S+. The molecule has 1 aliphatic rings. The lowest BCUT2D eigenvalue weighted by Gasteiger charge is -2.09. The van der Waals surface area contributed by atoms with E-state index in [4.69, 9.17) is 9.47 Å². The quantitative estimate of drug-likeness (QED) is 0.618. The minimum absolute atomic E-state index is 0.461. The van der Waals surface area contributed by atoms with E-state index in [9.17, 15) is 0 Å². The molecule has 1 fully saturated rings. The Morgan fingerprint density at radius 3 is 2.70 bits per heavy atom. The summed E-state index contributed by atoms with van der Waals surface area (Å²) in [6, 6.07) is 13.1. The molecule has 20 heavy (non-hydrogen) atoms. The van der Waals surface area contributed by atoms with Gasteiger partial charge in [-0.05, 0) is 42.5 Å². The molecule has 0 saturated carbocycles. The molecule has 0 aliphatic carbocycles. The van der Waals surface area contributed by atoms with Crippen LogP contribution in [-0.4, -0.2) is 31.8 Å². The second-order valence-corrected chi connectivity index (χ2v) is 7.33. The summed E-state index contributed by atoms with van der Waals surface area (Å²) in [5.74, 6) is 3.66. The molecule has 106 valence electrons. The number of ether oxygens (including phenoxy) is 2. The van der Waals surface area contributed by atoms with Crippen LogP contribution < -0.4 is 4.74 Å². The van der Waals surface area contributed by atoms with Crippen LogP contribution >= 0.6 is 0 Å². The number of rotatable bonds is 5. The summed E-state index contributed by atoms with van der Waals surface area (Å²) in [6.45, 7) is 1.23. The van der Waals surface area contributed by atoms with Gasteiger partial charge in [-0.2, -0.15) is 0 Å². The van der Waals surface area contributed by atoms with Crippen molar-refractivity contribution in [2.45, 2.75) is 17.7 Å². The van der Waals surface area contributed by atoms with Crippen LogP contribution in [0.25, 0.3) is 10.8 Å². The van der Waals surface area contributed by atoms with E-state index in [1.807, 2.05) is 0 Å². The smallest absolute Gasteiger partial charge is 0.162 e. The van der Waals surface area contributed by atoms with Gasteiger partial charge in [-0.25, -0.2) is 0 Å². The average Bonchev–Trinajstić information content (AvgIpc) is 3.01. The zero-order valence-corrected chi connectivity index (χ0v) is 12.7. The van der Waals surface area contributed by atoms with E-state index >= 15 is 0 Å². The normalized spacial score (nSPS) is 15.8. The van der Waals surface area contributed by atoms with Crippen molar-refractivity contribution in [3.63, 3.8) is 0 Å². The van der Waals surface area contributed by atoms with Crippen molar-refractivity contribution < 1.29 is 9.47 Å². The maximum Gasteiger partial charge on any atom is 0.162 e. The monoisotopic (exact) mass is 289 g/mol. The molecule has 0 atom stereocenters. The Balaban J connectivity index is 1.87. The predicted octanol–water partition coefficient (Wildman–Crippen LogP) is 3.64. The van der Waals surface area contributed by atoms with Gasteiger partial charge < -0.3 is 9.47 Å². The van der Waals surface area contributed by atoms with Crippen molar-refractivity contribution in [2.75, 3.05) is 31.8 Å². The van der Waals surface area contributed by atoms with Gasteiger partial charge in [0.15, 0.2) is 4.90 Å². The first kappa shape index (κ1) is 13.8. The van der Waals surface area contributed by atoms with Crippen LogP contribution in [0.15, 0.2) is 41.3 Å².